The van der Waals surface area contributed by atoms with E-state index in [1.807, 2.05) is 4.90 Å². The molecule has 19 heavy (non-hydrogen) atoms. The van der Waals surface area contributed by atoms with Crippen LogP contribution in [-0.2, 0) is 0 Å². The number of nitrogens with two attached hydrogens (primary N) is 1. The fraction of sp³-hybridized carbons (Fsp3) is 0.385. The second-order valence-corrected chi connectivity index (χ2v) is 4.73. The first-order valence-corrected chi connectivity index (χ1v) is 6.27. The molecule has 0 aromatic carbocycles. The monoisotopic (exact) mass is 261 g/mol. The summed E-state index contributed by atoms with van der Waals surface area (Å²) in [4.78, 5) is 14.0. The molecule has 1 aliphatic rings. The van der Waals surface area contributed by atoms with Crippen LogP contribution in [0.2, 0.25) is 0 Å². The van der Waals surface area contributed by atoms with Gasteiger partial charge in [0.05, 0.1) is 17.5 Å². The third kappa shape index (κ3) is 2.33. The Bertz CT molecular complexity index is 553. The van der Waals surface area contributed by atoms with Crippen molar-refractivity contribution in [3.05, 3.63) is 35.9 Å². The molecule has 2 aromatic rings. The Kier molecular flexibility index (Phi) is 2.98. The molecule has 0 unspecified atom stereocenters. The lowest BCUT2D eigenvalue weighted by atomic mass is 9.93. The van der Waals surface area contributed by atoms with Gasteiger partial charge in [-0.2, -0.15) is 0 Å². The van der Waals surface area contributed by atoms with Gasteiger partial charge in [0, 0.05) is 25.1 Å². The van der Waals surface area contributed by atoms with Gasteiger partial charge in [-0.05, 0) is 18.9 Å². The second-order valence-electron chi connectivity index (χ2n) is 4.73. The van der Waals surface area contributed by atoms with E-state index in [0.29, 0.717) is 30.5 Å². The van der Waals surface area contributed by atoms with Gasteiger partial charge in [0.2, 0.25) is 5.88 Å². The minimum Gasteiger partial charge on any atom is -0.472 e. The fourth-order valence-corrected chi connectivity index (χ4v) is 2.44. The van der Waals surface area contributed by atoms with Crippen molar-refractivity contribution in [1.82, 2.24) is 10.1 Å². The van der Waals surface area contributed by atoms with Crippen LogP contribution in [0.25, 0.3) is 0 Å². The number of carbonyl (C=O) groups is 1. The van der Waals surface area contributed by atoms with E-state index < -0.39 is 0 Å². The van der Waals surface area contributed by atoms with Crippen LogP contribution in [0.15, 0.2) is 33.6 Å². The van der Waals surface area contributed by atoms with Gasteiger partial charge in [-0.15, -0.1) is 0 Å². The molecule has 3 heterocycles. The Balaban J connectivity index is 1.62. The van der Waals surface area contributed by atoms with Gasteiger partial charge in [-0.3, -0.25) is 4.79 Å². The first-order chi connectivity index (χ1) is 9.24. The molecule has 0 spiro atoms. The maximum absolute atomic E-state index is 12.1. The number of carbonyl (C=O) groups excluding carboxylic acids is 1. The Labute approximate surface area is 110 Å². The summed E-state index contributed by atoms with van der Waals surface area (Å²) in [6.07, 6.45) is 4.73. The van der Waals surface area contributed by atoms with Crippen molar-refractivity contribution >= 4 is 11.8 Å². The molecule has 2 aromatic heterocycles. The zero-order valence-electron chi connectivity index (χ0n) is 10.4. The van der Waals surface area contributed by atoms with E-state index in [0.717, 1.165) is 18.5 Å². The highest BCUT2D eigenvalue weighted by molar-refractivity contribution is 5.93. The third-order valence-corrected chi connectivity index (χ3v) is 3.52. The van der Waals surface area contributed by atoms with E-state index in [9.17, 15) is 4.79 Å². The lowest BCUT2D eigenvalue weighted by molar-refractivity contribution is 0.0711. The minimum atomic E-state index is 0.0202. The number of amides is 1. The predicted molar refractivity (Wildman–Crippen MR) is 67.5 cm³/mol. The van der Waals surface area contributed by atoms with Crippen LogP contribution in [0.5, 0.6) is 0 Å². The van der Waals surface area contributed by atoms with Crippen molar-refractivity contribution in [1.29, 1.82) is 0 Å². The highest BCUT2D eigenvalue weighted by Crippen LogP contribution is 2.28. The highest BCUT2D eigenvalue weighted by Gasteiger charge is 2.26. The van der Waals surface area contributed by atoms with E-state index in [1.165, 1.54) is 12.5 Å². The normalized spacial score (nSPS) is 16.7. The van der Waals surface area contributed by atoms with Gasteiger partial charge in [0.15, 0.2) is 0 Å². The van der Waals surface area contributed by atoms with Crippen molar-refractivity contribution < 1.29 is 13.7 Å². The second kappa shape index (κ2) is 4.79. The molecule has 6 nitrogen and oxygen atoms in total. The number of nitrogens with zero attached hydrogens (tertiary/aromatic N) is 2. The summed E-state index contributed by atoms with van der Waals surface area (Å²) in [5.41, 5.74) is 7.00. The van der Waals surface area contributed by atoms with Crippen LogP contribution in [0.3, 0.4) is 0 Å². The highest BCUT2D eigenvalue weighted by atomic mass is 16.5. The van der Waals surface area contributed by atoms with Crippen LogP contribution in [0.4, 0.5) is 5.88 Å². The van der Waals surface area contributed by atoms with Gasteiger partial charge in [0.25, 0.3) is 5.91 Å². The number of aromatic nitrogens is 1. The van der Waals surface area contributed by atoms with Gasteiger partial charge < -0.3 is 19.6 Å². The molecule has 0 bridgehead atoms. The quantitative estimate of drug-likeness (QED) is 0.891. The van der Waals surface area contributed by atoms with Crippen LogP contribution < -0.4 is 5.73 Å². The molecule has 3 rings (SSSR count). The molecule has 6 heteroatoms. The first-order valence-electron chi connectivity index (χ1n) is 6.27. The lowest BCUT2D eigenvalue weighted by Crippen LogP contribution is -2.37. The largest absolute Gasteiger partial charge is 0.472 e. The predicted octanol–water partition coefficient (Wildman–Crippen LogP) is 1.87. The lowest BCUT2D eigenvalue weighted by Gasteiger charge is -2.30. The van der Waals surface area contributed by atoms with Crippen molar-refractivity contribution in [2.24, 2.45) is 0 Å². The van der Waals surface area contributed by atoms with E-state index in [2.05, 4.69) is 5.16 Å². The Morgan fingerprint density at radius 3 is 2.79 bits per heavy atom. The SMILES string of the molecule is Nc1cc(C2CCN(C(=O)c3ccoc3)CC2)no1. The Morgan fingerprint density at radius 1 is 1.42 bits per heavy atom. The van der Waals surface area contributed by atoms with Crippen LogP contribution in [-0.4, -0.2) is 29.1 Å². The molecule has 100 valence electrons. The number of rotatable bonds is 2. The van der Waals surface area contributed by atoms with Crippen LogP contribution >= 0.6 is 0 Å². The smallest absolute Gasteiger partial charge is 0.257 e. The van der Waals surface area contributed by atoms with E-state index >= 15 is 0 Å². The zero-order chi connectivity index (χ0) is 13.2. The van der Waals surface area contributed by atoms with Gasteiger partial charge in [-0.25, -0.2) is 0 Å². The average Bonchev–Trinajstić information content (AvgIpc) is 3.09. The number of furan rings is 1. The average molecular weight is 261 g/mol. The topological polar surface area (TPSA) is 85.5 Å². The van der Waals surface area contributed by atoms with E-state index in [-0.39, 0.29) is 5.91 Å². The molecular formula is C13H15N3O3. The molecule has 0 aliphatic carbocycles. The summed E-state index contributed by atoms with van der Waals surface area (Å²) in [5.74, 6) is 0.674. The summed E-state index contributed by atoms with van der Waals surface area (Å²) in [6.45, 7) is 1.42. The van der Waals surface area contributed by atoms with Gasteiger partial charge in [0.1, 0.15) is 6.26 Å². The van der Waals surface area contributed by atoms with Gasteiger partial charge >= 0.3 is 0 Å². The zero-order valence-corrected chi connectivity index (χ0v) is 10.4. The number of hydrogen-bond donors (Lipinski definition) is 1. The summed E-state index contributed by atoms with van der Waals surface area (Å²) in [7, 11) is 0. The number of anilines is 1. The molecule has 0 atom stereocenters. The first kappa shape index (κ1) is 11.8. The van der Waals surface area contributed by atoms with Crippen molar-refractivity contribution in [3.63, 3.8) is 0 Å². The van der Waals surface area contributed by atoms with E-state index in [4.69, 9.17) is 14.7 Å². The fourth-order valence-electron chi connectivity index (χ4n) is 2.44. The molecule has 1 saturated heterocycles. The number of hydrogen-bond acceptors (Lipinski definition) is 5. The minimum absolute atomic E-state index is 0.0202. The number of likely N-dealkylation sites (tertiary alicyclic amines) is 1. The van der Waals surface area contributed by atoms with Crippen molar-refractivity contribution in [2.45, 2.75) is 18.8 Å². The van der Waals surface area contributed by atoms with Crippen LogP contribution in [0.1, 0.15) is 34.8 Å². The summed E-state index contributed by atoms with van der Waals surface area (Å²) in [6, 6.07) is 3.45. The summed E-state index contributed by atoms with van der Waals surface area (Å²) in [5, 5.41) is 3.94. The standard InChI is InChI=1S/C13H15N3O3/c14-12-7-11(15-19-12)9-1-4-16(5-2-9)13(17)10-3-6-18-8-10/h3,6-9H,1-2,4-5,14H2. The summed E-state index contributed by atoms with van der Waals surface area (Å²) < 4.78 is 9.82. The third-order valence-electron chi connectivity index (χ3n) is 3.52. The van der Waals surface area contributed by atoms with Crippen molar-refractivity contribution in [2.75, 3.05) is 18.8 Å². The van der Waals surface area contributed by atoms with Crippen molar-refractivity contribution in [3.8, 4) is 0 Å². The number of nitrogen functional groups attached to an aromatic ring is 1. The molecule has 1 aliphatic heterocycles. The molecule has 1 fully saturated rings. The van der Waals surface area contributed by atoms with Gasteiger partial charge in [-0.1, -0.05) is 5.16 Å². The Morgan fingerprint density at radius 2 is 2.21 bits per heavy atom. The van der Waals surface area contributed by atoms with E-state index in [1.54, 1.807) is 12.1 Å². The molecular weight excluding hydrogens is 246 g/mol. The van der Waals surface area contributed by atoms with Crippen LogP contribution in [0, 0.1) is 0 Å². The molecule has 0 radical (unpaired) electrons. The molecule has 1 amide bonds. The molecule has 0 saturated carbocycles. The molecule has 2 N–H and O–H groups in total. The maximum Gasteiger partial charge on any atom is 0.257 e. The summed E-state index contributed by atoms with van der Waals surface area (Å²) >= 11 is 0. The Hall–Kier alpha value is -2.24. The number of piperidine rings is 1. The maximum atomic E-state index is 12.1.